The molecule has 1 fully saturated rings. The Morgan fingerprint density at radius 1 is 1.57 bits per heavy atom. The molecule has 5 nitrogen and oxygen atoms in total. The maximum atomic E-state index is 5.42. The average Bonchev–Trinajstić information content (AvgIpc) is 2.51. The van der Waals surface area contributed by atoms with E-state index in [1.54, 1.807) is 4.68 Å². The molecule has 2 rings (SSSR count). The lowest BCUT2D eigenvalue weighted by Gasteiger charge is -2.25. The Bertz CT molecular complexity index is 278. The third kappa shape index (κ3) is 2.30. The van der Waals surface area contributed by atoms with Crippen LogP contribution in [0.15, 0.2) is 6.20 Å². The summed E-state index contributed by atoms with van der Waals surface area (Å²) >= 11 is 0. The molecule has 1 heterocycles. The quantitative estimate of drug-likeness (QED) is 0.687. The minimum absolute atomic E-state index is 0.610. The van der Waals surface area contributed by atoms with Gasteiger partial charge in [-0.25, -0.2) is 0 Å². The minimum atomic E-state index is 0.610. The van der Waals surface area contributed by atoms with Crippen LogP contribution in [0.1, 0.15) is 25.0 Å². The fourth-order valence-electron chi connectivity index (χ4n) is 1.52. The van der Waals surface area contributed by atoms with E-state index < -0.39 is 0 Å². The predicted molar refractivity (Wildman–Crippen MR) is 53.6 cm³/mol. The number of nitrogens with two attached hydrogens (primary N) is 1. The molecule has 1 aromatic rings. The third-order valence-electron chi connectivity index (χ3n) is 2.62. The van der Waals surface area contributed by atoms with E-state index in [-0.39, 0.29) is 0 Å². The van der Waals surface area contributed by atoms with E-state index >= 15 is 0 Å². The van der Waals surface area contributed by atoms with E-state index in [1.165, 1.54) is 19.3 Å². The smallest absolute Gasteiger partial charge is 0.0964 e. The molecule has 0 unspecified atom stereocenters. The normalized spacial score (nSPS) is 16.9. The van der Waals surface area contributed by atoms with Crippen molar-refractivity contribution >= 4 is 0 Å². The lowest BCUT2D eigenvalue weighted by Crippen LogP contribution is -2.34. The van der Waals surface area contributed by atoms with Crippen molar-refractivity contribution in [1.82, 2.24) is 20.3 Å². The van der Waals surface area contributed by atoms with Crippen molar-refractivity contribution in [3.63, 3.8) is 0 Å². The van der Waals surface area contributed by atoms with E-state index in [9.17, 15) is 0 Å². The van der Waals surface area contributed by atoms with Crippen LogP contribution in [0.5, 0.6) is 0 Å². The molecule has 0 aromatic carbocycles. The Morgan fingerprint density at radius 2 is 2.43 bits per heavy atom. The molecule has 1 aliphatic rings. The predicted octanol–water partition coefficient (Wildman–Crippen LogP) is -0.121. The van der Waals surface area contributed by atoms with Gasteiger partial charge in [-0.15, -0.1) is 5.10 Å². The summed E-state index contributed by atoms with van der Waals surface area (Å²) in [4.78, 5) is 0. The van der Waals surface area contributed by atoms with Crippen molar-refractivity contribution in [3.8, 4) is 0 Å². The molecule has 0 atom stereocenters. The van der Waals surface area contributed by atoms with Crippen molar-refractivity contribution in [2.75, 3.05) is 6.54 Å². The van der Waals surface area contributed by atoms with Crippen LogP contribution in [0.2, 0.25) is 0 Å². The Balaban J connectivity index is 1.77. The molecular formula is C9H17N5. The van der Waals surface area contributed by atoms with Crippen LogP contribution in [-0.2, 0) is 13.1 Å². The SMILES string of the molecule is NCCn1cc(CNC2CCC2)nn1. The van der Waals surface area contributed by atoms with Crippen LogP contribution in [0.4, 0.5) is 0 Å². The van der Waals surface area contributed by atoms with E-state index in [2.05, 4.69) is 15.6 Å². The van der Waals surface area contributed by atoms with Gasteiger partial charge in [-0.05, 0) is 12.8 Å². The Kier molecular flexibility index (Phi) is 3.10. The summed E-state index contributed by atoms with van der Waals surface area (Å²) in [5.74, 6) is 0. The lowest BCUT2D eigenvalue weighted by atomic mass is 9.93. The van der Waals surface area contributed by atoms with Gasteiger partial charge in [-0.2, -0.15) is 0 Å². The number of nitrogens with zero attached hydrogens (tertiary/aromatic N) is 3. The first-order chi connectivity index (χ1) is 6.88. The van der Waals surface area contributed by atoms with Crippen molar-refractivity contribution in [3.05, 3.63) is 11.9 Å². The van der Waals surface area contributed by atoms with Crippen LogP contribution in [0.25, 0.3) is 0 Å². The third-order valence-corrected chi connectivity index (χ3v) is 2.62. The summed E-state index contributed by atoms with van der Waals surface area (Å²) in [6.45, 7) is 2.19. The van der Waals surface area contributed by atoms with Crippen molar-refractivity contribution in [2.24, 2.45) is 5.73 Å². The zero-order chi connectivity index (χ0) is 9.80. The van der Waals surface area contributed by atoms with Gasteiger partial charge in [-0.3, -0.25) is 4.68 Å². The molecular weight excluding hydrogens is 178 g/mol. The number of hydrogen-bond donors (Lipinski definition) is 2. The van der Waals surface area contributed by atoms with Crippen LogP contribution in [0.3, 0.4) is 0 Å². The maximum absolute atomic E-state index is 5.42. The Labute approximate surface area is 83.7 Å². The Morgan fingerprint density at radius 3 is 3.07 bits per heavy atom. The average molecular weight is 195 g/mol. The van der Waals surface area contributed by atoms with Gasteiger partial charge in [0.15, 0.2) is 0 Å². The fourth-order valence-corrected chi connectivity index (χ4v) is 1.52. The zero-order valence-electron chi connectivity index (χ0n) is 8.32. The van der Waals surface area contributed by atoms with Crippen molar-refractivity contribution in [1.29, 1.82) is 0 Å². The highest BCUT2D eigenvalue weighted by Gasteiger charge is 2.16. The van der Waals surface area contributed by atoms with Crippen LogP contribution in [-0.4, -0.2) is 27.6 Å². The van der Waals surface area contributed by atoms with Crippen LogP contribution in [0, 0.1) is 0 Å². The van der Waals surface area contributed by atoms with Gasteiger partial charge in [-0.1, -0.05) is 11.6 Å². The van der Waals surface area contributed by atoms with E-state index in [0.717, 1.165) is 18.8 Å². The van der Waals surface area contributed by atoms with Gasteiger partial charge in [0.05, 0.1) is 12.2 Å². The summed E-state index contributed by atoms with van der Waals surface area (Å²) in [7, 11) is 0. The van der Waals surface area contributed by atoms with Crippen LogP contribution < -0.4 is 11.1 Å². The number of rotatable bonds is 5. The lowest BCUT2D eigenvalue weighted by molar-refractivity contribution is 0.337. The molecule has 0 saturated heterocycles. The monoisotopic (exact) mass is 195 g/mol. The van der Waals surface area contributed by atoms with Gasteiger partial charge in [0, 0.05) is 25.3 Å². The van der Waals surface area contributed by atoms with Crippen molar-refractivity contribution in [2.45, 2.75) is 38.4 Å². The first kappa shape index (κ1) is 9.61. The standard InChI is InChI=1S/C9H17N5/c10-4-5-14-7-9(12-13-14)6-11-8-2-1-3-8/h7-8,11H,1-6,10H2. The van der Waals surface area contributed by atoms with Gasteiger partial charge in [0.2, 0.25) is 0 Å². The molecule has 0 aliphatic heterocycles. The summed E-state index contributed by atoms with van der Waals surface area (Å²) in [6.07, 6.45) is 5.92. The highest BCUT2D eigenvalue weighted by atomic mass is 15.4. The Hall–Kier alpha value is -0.940. The number of hydrogen-bond acceptors (Lipinski definition) is 4. The van der Waals surface area contributed by atoms with E-state index in [1.807, 2.05) is 6.20 Å². The first-order valence-corrected chi connectivity index (χ1v) is 5.21. The minimum Gasteiger partial charge on any atom is -0.329 e. The zero-order valence-corrected chi connectivity index (χ0v) is 8.32. The second-order valence-electron chi connectivity index (χ2n) is 3.77. The fraction of sp³-hybridized carbons (Fsp3) is 0.778. The van der Waals surface area contributed by atoms with Gasteiger partial charge >= 0.3 is 0 Å². The summed E-state index contributed by atoms with van der Waals surface area (Å²) in [5.41, 5.74) is 6.42. The molecule has 5 heteroatoms. The molecule has 1 aliphatic carbocycles. The molecule has 3 N–H and O–H groups in total. The first-order valence-electron chi connectivity index (χ1n) is 5.21. The largest absolute Gasteiger partial charge is 0.329 e. The highest BCUT2D eigenvalue weighted by molar-refractivity contribution is 4.93. The van der Waals surface area contributed by atoms with Gasteiger partial charge < -0.3 is 11.1 Å². The molecule has 1 aromatic heterocycles. The number of nitrogens with one attached hydrogen (secondary N) is 1. The molecule has 0 amide bonds. The van der Waals surface area contributed by atoms with Gasteiger partial charge in [0.25, 0.3) is 0 Å². The topological polar surface area (TPSA) is 68.8 Å². The summed E-state index contributed by atoms with van der Waals surface area (Å²) < 4.78 is 1.79. The second kappa shape index (κ2) is 4.52. The second-order valence-corrected chi connectivity index (χ2v) is 3.77. The molecule has 14 heavy (non-hydrogen) atoms. The molecule has 0 radical (unpaired) electrons. The van der Waals surface area contributed by atoms with Gasteiger partial charge in [0.1, 0.15) is 0 Å². The molecule has 78 valence electrons. The summed E-state index contributed by atoms with van der Waals surface area (Å²) in [5, 5.41) is 11.5. The van der Waals surface area contributed by atoms with E-state index in [0.29, 0.717) is 12.6 Å². The number of aromatic nitrogens is 3. The highest BCUT2D eigenvalue weighted by Crippen LogP contribution is 2.18. The molecule has 1 saturated carbocycles. The van der Waals surface area contributed by atoms with Crippen molar-refractivity contribution < 1.29 is 0 Å². The molecule has 0 bridgehead atoms. The maximum Gasteiger partial charge on any atom is 0.0964 e. The van der Waals surface area contributed by atoms with E-state index in [4.69, 9.17) is 5.73 Å². The van der Waals surface area contributed by atoms with Crippen LogP contribution >= 0.6 is 0 Å². The molecule has 0 spiro atoms. The summed E-state index contributed by atoms with van der Waals surface area (Å²) in [6, 6.07) is 0.703.